The van der Waals surface area contributed by atoms with E-state index in [-0.39, 0.29) is 5.63 Å². The molecule has 3 nitrogen and oxygen atoms in total. The maximum Gasteiger partial charge on any atom is 0.360 e. The molecule has 3 heteroatoms. The zero-order valence-electron chi connectivity index (χ0n) is 13.4. The van der Waals surface area contributed by atoms with E-state index in [9.17, 15) is 4.79 Å². The van der Waals surface area contributed by atoms with Gasteiger partial charge in [-0.2, -0.15) is 0 Å². The van der Waals surface area contributed by atoms with Crippen LogP contribution in [-0.4, -0.2) is 13.1 Å². The summed E-state index contributed by atoms with van der Waals surface area (Å²) in [6.45, 7) is 1.82. The monoisotopic (exact) mass is 317 g/mol. The number of nitrogens with zero attached hydrogens (tertiary/aromatic N) is 1. The normalized spacial score (nSPS) is 14.1. The fourth-order valence-electron chi connectivity index (χ4n) is 3.31. The average molecular weight is 317 g/mol. The molecule has 1 aliphatic rings. The molecule has 0 atom stereocenters. The van der Waals surface area contributed by atoms with Gasteiger partial charge in [0.05, 0.1) is 0 Å². The van der Waals surface area contributed by atoms with Crippen LogP contribution in [0.2, 0.25) is 0 Å². The van der Waals surface area contributed by atoms with E-state index in [1.165, 1.54) is 0 Å². The summed E-state index contributed by atoms with van der Waals surface area (Å²) in [6, 6.07) is 21.9. The number of rotatable bonds is 3. The van der Waals surface area contributed by atoms with Gasteiger partial charge in [-0.1, -0.05) is 60.7 Å². The molecule has 0 saturated carbocycles. The third kappa shape index (κ3) is 2.73. The van der Waals surface area contributed by atoms with Gasteiger partial charge in [-0.15, -0.1) is 0 Å². The van der Waals surface area contributed by atoms with Gasteiger partial charge in [-0.05, 0) is 24.5 Å². The first-order chi connectivity index (χ1) is 11.8. The van der Waals surface area contributed by atoms with E-state index < -0.39 is 0 Å². The lowest BCUT2D eigenvalue weighted by molar-refractivity contribution is 0.525. The molecule has 0 spiro atoms. The third-order valence-corrected chi connectivity index (χ3v) is 4.49. The zero-order valence-corrected chi connectivity index (χ0v) is 13.4. The molecular weight excluding hydrogens is 298 g/mol. The molecule has 0 radical (unpaired) electrons. The summed E-state index contributed by atoms with van der Waals surface area (Å²) >= 11 is 0. The summed E-state index contributed by atoms with van der Waals surface area (Å²) in [4.78, 5) is 14.9. The SMILES string of the molecule is O=c1oc(-c2ccccc2)cc(-c2ccccc2)c1N1CCCC1. The maximum atomic E-state index is 12.8. The fraction of sp³-hybridized carbons (Fsp3) is 0.190. The fourth-order valence-corrected chi connectivity index (χ4v) is 3.31. The van der Waals surface area contributed by atoms with Gasteiger partial charge in [0.1, 0.15) is 11.4 Å². The predicted octanol–water partition coefficient (Wildman–Crippen LogP) is 4.57. The smallest absolute Gasteiger partial charge is 0.360 e. The molecule has 4 rings (SSSR count). The number of hydrogen-bond acceptors (Lipinski definition) is 3. The van der Waals surface area contributed by atoms with Crippen LogP contribution in [-0.2, 0) is 0 Å². The van der Waals surface area contributed by atoms with Crippen LogP contribution in [0.15, 0.2) is 75.9 Å². The Morgan fingerprint density at radius 3 is 2.00 bits per heavy atom. The number of benzene rings is 2. The van der Waals surface area contributed by atoms with Gasteiger partial charge in [0, 0.05) is 24.2 Å². The topological polar surface area (TPSA) is 33.5 Å². The van der Waals surface area contributed by atoms with E-state index in [1.807, 2.05) is 66.7 Å². The van der Waals surface area contributed by atoms with Gasteiger partial charge < -0.3 is 9.32 Å². The minimum atomic E-state index is -0.253. The Balaban J connectivity index is 1.93. The summed E-state index contributed by atoms with van der Waals surface area (Å²) < 4.78 is 5.67. The molecule has 0 aliphatic carbocycles. The van der Waals surface area contributed by atoms with Crippen molar-refractivity contribution in [2.24, 2.45) is 0 Å². The second-order valence-corrected chi connectivity index (χ2v) is 6.09. The van der Waals surface area contributed by atoms with Crippen LogP contribution in [0.25, 0.3) is 22.5 Å². The van der Waals surface area contributed by atoms with Gasteiger partial charge in [0.15, 0.2) is 0 Å². The van der Waals surface area contributed by atoms with Crippen molar-refractivity contribution in [3.63, 3.8) is 0 Å². The molecule has 1 aromatic heterocycles. The summed E-state index contributed by atoms with van der Waals surface area (Å²) in [5.74, 6) is 0.613. The Morgan fingerprint density at radius 2 is 1.38 bits per heavy atom. The Morgan fingerprint density at radius 1 is 0.792 bits per heavy atom. The Bertz CT molecular complexity index is 879. The van der Waals surface area contributed by atoms with E-state index in [0.29, 0.717) is 11.4 Å². The highest BCUT2D eigenvalue weighted by Crippen LogP contribution is 2.33. The van der Waals surface area contributed by atoms with E-state index in [2.05, 4.69) is 4.90 Å². The predicted molar refractivity (Wildman–Crippen MR) is 97.3 cm³/mol. The molecule has 1 saturated heterocycles. The van der Waals surface area contributed by atoms with E-state index in [4.69, 9.17) is 4.42 Å². The molecule has 120 valence electrons. The van der Waals surface area contributed by atoms with Crippen LogP contribution in [0.1, 0.15) is 12.8 Å². The lowest BCUT2D eigenvalue weighted by Gasteiger charge is -2.20. The third-order valence-electron chi connectivity index (χ3n) is 4.49. The van der Waals surface area contributed by atoms with Crippen LogP contribution >= 0.6 is 0 Å². The minimum Gasteiger partial charge on any atom is -0.421 e. The largest absolute Gasteiger partial charge is 0.421 e. The second kappa shape index (κ2) is 6.36. The highest BCUT2D eigenvalue weighted by molar-refractivity contribution is 5.80. The summed E-state index contributed by atoms with van der Waals surface area (Å²) in [5, 5.41) is 0. The van der Waals surface area contributed by atoms with Crippen LogP contribution < -0.4 is 10.5 Å². The zero-order chi connectivity index (χ0) is 16.4. The summed E-state index contributed by atoms with van der Waals surface area (Å²) in [5.41, 5.74) is 3.35. The lowest BCUT2D eigenvalue weighted by atomic mass is 10.0. The average Bonchev–Trinajstić information content (AvgIpc) is 3.16. The molecule has 1 fully saturated rings. The maximum absolute atomic E-state index is 12.8. The van der Waals surface area contributed by atoms with Crippen LogP contribution in [0.3, 0.4) is 0 Å². The molecule has 0 bridgehead atoms. The van der Waals surface area contributed by atoms with Gasteiger partial charge >= 0.3 is 5.63 Å². The molecule has 0 unspecified atom stereocenters. The van der Waals surface area contributed by atoms with Gasteiger partial charge in [0.25, 0.3) is 0 Å². The summed E-state index contributed by atoms with van der Waals surface area (Å²) in [6.07, 6.45) is 2.24. The highest BCUT2D eigenvalue weighted by Gasteiger charge is 2.22. The van der Waals surface area contributed by atoms with E-state index in [0.717, 1.165) is 42.6 Å². The second-order valence-electron chi connectivity index (χ2n) is 6.09. The molecule has 1 aliphatic heterocycles. The molecule has 0 N–H and O–H groups in total. The standard InChI is InChI=1S/C21H19NO2/c23-21-20(22-13-7-8-14-22)18(16-9-3-1-4-10-16)15-19(24-21)17-11-5-2-6-12-17/h1-6,9-12,15H,7-8,13-14H2. The van der Waals surface area contributed by atoms with Crippen LogP contribution in [0, 0.1) is 0 Å². The summed E-state index contributed by atoms with van der Waals surface area (Å²) in [7, 11) is 0. The molecule has 2 aromatic carbocycles. The van der Waals surface area contributed by atoms with Gasteiger partial charge in [0.2, 0.25) is 0 Å². The Kier molecular flexibility index (Phi) is 3.91. The first-order valence-electron chi connectivity index (χ1n) is 8.37. The number of hydrogen-bond donors (Lipinski definition) is 0. The van der Waals surface area contributed by atoms with Gasteiger partial charge in [-0.25, -0.2) is 4.79 Å². The van der Waals surface area contributed by atoms with Crippen molar-refractivity contribution in [3.05, 3.63) is 77.2 Å². The van der Waals surface area contributed by atoms with E-state index in [1.54, 1.807) is 0 Å². The number of anilines is 1. The van der Waals surface area contributed by atoms with Crippen molar-refractivity contribution in [1.82, 2.24) is 0 Å². The van der Waals surface area contributed by atoms with Crippen molar-refractivity contribution < 1.29 is 4.42 Å². The van der Waals surface area contributed by atoms with Crippen molar-refractivity contribution in [2.45, 2.75) is 12.8 Å². The molecule has 0 amide bonds. The quantitative estimate of drug-likeness (QED) is 0.709. The Labute approximate surface area is 141 Å². The molecule has 24 heavy (non-hydrogen) atoms. The van der Waals surface area contributed by atoms with Crippen molar-refractivity contribution in [3.8, 4) is 22.5 Å². The van der Waals surface area contributed by atoms with Crippen molar-refractivity contribution in [1.29, 1.82) is 0 Å². The minimum absolute atomic E-state index is 0.253. The highest BCUT2D eigenvalue weighted by atomic mass is 16.4. The molecule has 3 aromatic rings. The van der Waals surface area contributed by atoms with Crippen molar-refractivity contribution >= 4 is 5.69 Å². The first kappa shape index (κ1) is 14.8. The van der Waals surface area contributed by atoms with Gasteiger partial charge in [-0.3, -0.25) is 0 Å². The van der Waals surface area contributed by atoms with Crippen LogP contribution in [0.5, 0.6) is 0 Å². The van der Waals surface area contributed by atoms with Crippen LogP contribution in [0.4, 0.5) is 5.69 Å². The molecule has 2 heterocycles. The Hall–Kier alpha value is -2.81. The lowest BCUT2D eigenvalue weighted by Crippen LogP contribution is -2.25. The molecular formula is C21H19NO2. The first-order valence-corrected chi connectivity index (χ1v) is 8.37. The van der Waals surface area contributed by atoms with E-state index >= 15 is 0 Å². The van der Waals surface area contributed by atoms with Crippen molar-refractivity contribution in [2.75, 3.05) is 18.0 Å².